The predicted molar refractivity (Wildman–Crippen MR) is 76.5 cm³/mol. The standard InChI is InChI=1S/C15H16N2O4/c1-10-4-6-11(7-5-10)17-15(20)14(19)16-9-12(18)13-3-2-8-21-13/h2-8,12,18H,9H2,1H3,(H,16,19)(H,17,20). The Hall–Kier alpha value is -2.60. The van der Waals surface area contributed by atoms with Crippen molar-refractivity contribution in [2.75, 3.05) is 11.9 Å². The first-order valence-corrected chi connectivity index (χ1v) is 6.43. The van der Waals surface area contributed by atoms with Crippen LogP contribution in [0.5, 0.6) is 0 Å². The van der Waals surface area contributed by atoms with Gasteiger partial charge in [0, 0.05) is 5.69 Å². The number of hydrogen-bond donors (Lipinski definition) is 3. The highest BCUT2D eigenvalue weighted by atomic mass is 16.4. The van der Waals surface area contributed by atoms with Gasteiger partial charge >= 0.3 is 11.8 Å². The van der Waals surface area contributed by atoms with Crippen molar-refractivity contribution in [1.29, 1.82) is 0 Å². The van der Waals surface area contributed by atoms with E-state index in [0.717, 1.165) is 5.56 Å². The third kappa shape index (κ3) is 4.19. The Morgan fingerprint density at radius 2 is 1.90 bits per heavy atom. The van der Waals surface area contributed by atoms with Crippen molar-refractivity contribution in [3.63, 3.8) is 0 Å². The van der Waals surface area contributed by atoms with Crippen molar-refractivity contribution in [2.24, 2.45) is 0 Å². The number of benzene rings is 1. The molecule has 1 heterocycles. The maximum absolute atomic E-state index is 11.7. The number of aliphatic hydroxyl groups excluding tert-OH is 1. The molecule has 2 amide bonds. The number of nitrogens with one attached hydrogen (secondary N) is 2. The van der Waals surface area contributed by atoms with Gasteiger partial charge in [-0.3, -0.25) is 9.59 Å². The number of aliphatic hydroxyl groups is 1. The van der Waals surface area contributed by atoms with E-state index in [9.17, 15) is 14.7 Å². The van der Waals surface area contributed by atoms with Crippen LogP contribution in [-0.2, 0) is 9.59 Å². The maximum atomic E-state index is 11.7. The highest BCUT2D eigenvalue weighted by Crippen LogP contribution is 2.11. The largest absolute Gasteiger partial charge is 0.467 e. The first-order valence-electron chi connectivity index (χ1n) is 6.43. The lowest BCUT2D eigenvalue weighted by molar-refractivity contribution is -0.136. The van der Waals surface area contributed by atoms with Crippen LogP contribution in [0.3, 0.4) is 0 Å². The second-order valence-electron chi connectivity index (χ2n) is 4.56. The molecule has 21 heavy (non-hydrogen) atoms. The quantitative estimate of drug-likeness (QED) is 0.741. The summed E-state index contributed by atoms with van der Waals surface area (Å²) in [5.74, 6) is -1.28. The fraction of sp³-hybridized carbons (Fsp3) is 0.200. The van der Waals surface area contributed by atoms with Crippen molar-refractivity contribution in [3.05, 3.63) is 54.0 Å². The Labute approximate surface area is 121 Å². The molecule has 3 N–H and O–H groups in total. The zero-order valence-corrected chi connectivity index (χ0v) is 11.5. The summed E-state index contributed by atoms with van der Waals surface area (Å²) in [5.41, 5.74) is 1.59. The summed E-state index contributed by atoms with van der Waals surface area (Å²) < 4.78 is 4.99. The number of carbonyl (C=O) groups is 2. The zero-order valence-electron chi connectivity index (χ0n) is 11.5. The lowest BCUT2D eigenvalue weighted by atomic mass is 10.2. The Balaban J connectivity index is 1.82. The van der Waals surface area contributed by atoms with Gasteiger partial charge in [0.15, 0.2) is 0 Å². The predicted octanol–water partition coefficient (Wildman–Crippen LogP) is 1.38. The van der Waals surface area contributed by atoms with Crippen LogP contribution in [0.2, 0.25) is 0 Å². The van der Waals surface area contributed by atoms with E-state index in [1.807, 2.05) is 19.1 Å². The van der Waals surface area contributed by atoms with Crippen LogP contribution in [0.15, 0.2) is 47.1 Å². The zero-order chi connectivity index (χ0) is 15.2. The van der Waals surface area contributed by atoms with Gasteiger partial charge in [0.25, 0.3) is 0 Å². The molecule has 6 nitrogen and oxygen atoms in total. The van der Waals surface area contributed by atoms with E-state index in [-0.39, 0.29) is 6.54 Å². The minimum atomic E-state index is -0.990. The number of rotatable bonds is 4. The molecule has 0 bridgehead atoms. The van der Waals surface area contributed by atoms with Gasteiger partial charge in [0.1, 0.15) is 11.9 Å². The van der Waals surface area contributed by atoms with Crippen LogP contribution in [0.25, 0.3) is 0 Å². The molecule has 1 aromatic carbocycles. The molecule has 0 aliphatic heterocycles. The molecule has 1 unspecified atom stereocenters. The smallest absolute Gasteiger partial charge is 0.313 e. The summed E-state index contributed by atoms with van der Waals surface area (Å²) in [6, 6.07) is 10.3. The summed E-state index contributed by atoms with van der Waals surface area (Å²) in [6.45, 7) is 1.82. The monoisotopic (exact) mass is 288 g/mol. The van der Waals surface area contributed by atoms with Gasteiger partial charge in [-0.25, -0.2) is 0 Å². The van der Waals surface area contributed by atoms with Crippen molar-refractivity contribution >= 4 is 17.5 Å². The van der Waals surface area contributed by atoms with Gasteiger partial charge in [0.2, 0.25) is 0 Å². The summed E-state index contributed by atoms with van der Waals surface area (Å²) in [5, 5.41) is 14.5. The molecule has 0 saturated heterocycles. The fourth-order valence-corrected chi connectivity index (χ4v) is 1.68. The first-order chi connectivity index (χ1) is 10.1. The lowest BCUT2D eigenvalue weighted by Gasteiger charge is -2.09. The molecular formula is C15H16N2O4. The average molecular weight is 288 g/mol. The van der Waals surface area contributed by atoms with Gasteiger partial charge in [-0.15, -0.1) is 0 Å². The van der Waals surface area contributed by atoms with Crippen LogP contribution in [-0.4, -0.2) is 23.5 Å². The summed E-state index contributed by atoms with van der Waals surface area (Å²) in [7, 11) is 0. The van der Waals surface area contributed by atoms with Crippen LogP contribution < -0.4 is 10.6 Å². The van der Waals surface area contributed by atoms with Crippen LogP contribution >= 0.6 is 0 Å². The van der Waals surface area contributed by atoms with Gasteiger partial charge < -0.3 is 20.2 Å². The fourth-order valence-electron chi connectivity index (χ4n) is 1.68. The molecule has 0 aliphatic carbocycles. The molecule has 0 saturated carbocycles. The van der Waals surface area contributed by atoms with Crippen molar-refractivity contribution in [1.82, 2.24) is 5.32 Å². The Kier molecular flexibility index (Phi) is 4.73. The average Bonchev–Trinajstić information content (AvgIpc) is 3.01. The molecule has 0 fully saturated rings. The topological polar surface area (TPSA) is 91.6 Å². The third-order valence-corrected chi connectivity index (χ3v) is 2.84. The first kappa shape index (κ1) is 14.8. The van der Waals surface area contributed by atoms with Crippen molar-refractivity contribution < 1.29 is 19.1 Å². The minimum absolute atomic E-state index is 0.104. The Morgan fingerprint density at radius 1 is 1.19 bits per heavy atom. The van der Waals surface area contributed by atoms with Gasteiger partial charge in [0.05, 0.1) is 12.8 Å². The molecular weight excluding hydrogens is 272 g/mol. The molecule has 0 aliphatic rings. The SMILES string of the molecule is Cc1ccc(NC(=O)C(=O)NCC(O)c2ccco2)cc1. The molecule has 1 atom stereocenters. The summed E-state index contributed by atoms with van der Waals surface area (Å²) >= 11 is 0. The summed E-state index contributed by atoms with van der Waals surface area (Å²) in [4.78, 5) is 23.3. The number of hydrogen-bond acceptors (Lipinski definition) is 4. The molecule has 2 rings (SSSR count). The van der Waals surface area contributed by atoms with Crippen LogP contribution in [0, 0.1) is 6.92 Å². The molecule has 6 heteroatoms. The summed E-state index contributed by atoms with van der Waals surface area (Å²) in [6.07, 6.45) is 0.431. The molecule has 110 valence electrons. The van der Waals surface area contributed by atoms with E-state index < -0.39 is 17.9 Å². The van der Waals surface area contributed by atoms with E-state index in [2.05, 4.69) is 10.6 Å². The highest BCUT2D eigenvalue weighted by molar-refractivity contribution is 6.39. The number of carbonyl (C=O) groups excluding carboxylic acids is 2. The highest BCUT2D eigenvalue weighted by Gasteiger charge is 2.17. The van der Waals surface area contributed by atoms with Gasteiger partial charge in [-0.2, -0.15) is 0 Å². The number of amides is 2. The number of furan rings is 1. The Morgan fingerprint density at radius 3 is 2.52 bits per heavy atom. The third-order valence-electron chi connectivity index (χ3n) is 2.84. The maximum Gasteiger partial charge on any atom is 0.313 e. The minimum Gasteiger partial charge on any atom is -0.467 e. The van der Waals surface area contributed by atoms with Crippen LogP contribution in [0.1, 0.15) is 17.4 Å². The van der Waals surface area contributed by atoms with Gasteiger partial charge in [-0.1, -0.05) is 17.7 Å². The molecule has 1 aromatic heterocycles. The second kappa shape index (κ2) is 6.71. The number of anilines is 1. The number of aryl methyl sites for hydroxylation is 1. The molecule has 0 spiro atoms. The van der Waals surface area contributed by atoms with E-state index in [1.165, 1.54) is 6.26 Å². The van der Waals surface area contributed by atoms with Crippen LogP contribution in [0.4, 0.5) is 5.69 Å². The Bertz CT molecular complexity index is 605. The van der Waals surface area contributed by atoms with Crippen molar-refractivity contribution in [3.8, 4) is 0 Å². The van der Waals surface area contributed by atoms with Gasteiger partial charge in [-0.05, 0) is 31.2 Å². The molecule has 2 aromatic rings. The normalized spacial score (nSPS) is 11.7. The lowest BCUT2D eigenvalue weighted by Crippen LogP contribution is -2.37. The van der Waals surface area contributed by atoms with Crippen molar-refractivity contribution in [2.45, 2.75) is 13.0 Å². The van der Waals surface area contributed by atoms with E-state index >= 15 is 0 Å². The van der Waals surface area contributed by atoms with E-state index in [0.29, 0.717) is 11.4 Å². The second-order valence-corrected chi connectivity index (χ2v) is 4.56. The molecule has 0 radical (unpaired) electrons. The van der Waals surface area contributed by atoms with E-state index in [1.54, 1.807) is 24.3 Å². The van der Waals surface area contributed by atoms with E-state index in [4.69, 9.17) is 4.42 Å².